The molecule has 2 unspecified atom stereocenters. The Labute approximate surface area is 187 Å². The van der Waals surface area contributed by atoms with Crippen LogP contribution in [-0.2, 0) is 37.2 Å². The average Bonchev–Trinajstić information content (AvgIpc) is 3.20. The van der Waals surface area contributed by atoms with Gasteiger partial charge in [0.2, 0.25) is 5.60 Å². The lowest BCUT2D eigenvalue weighted by molar-refractivity contribution is -0.209. The molecule has 8 N–H and O–H groups in total. The number of nitriles is 1. The van der Waals surface area contributed by atoms with Gasteiger partial charge in [0.05, 0.1) is 5.69 Å². The fraction of sp³-hybridized carbons (Fsp3) is 0.417. The molecule has 0 radical (unpaired) electrons. The number of nitrogens with two attached hydrogens (primary N) is 1. The lowest BCUT2D eigenvalue weighted by Crippen LogP contribution is -2.43. The van der Waals surface area contributed by atoms with Gasteiger partial charge in [0.15, 0.2) is 5.82 Å². The molecule has 0 aromatic carbocycles. The standard InChI is InChI=1S/C12H15FN5O13P3/c13-12(4-28-33(24,25)31-34(26,27)30-32(21,22)23)9(20)8(19)11(3-14,29-12)7-2-1-6-10(15)16-5-17-18(6)7/h1-2,5,8-9,19-20H,4H2,(H,24,25)(H,26,27)(H2,15,16,17)(H2,21,22,23)/t8-,9+,11+,12-/m1/s1. The van der Waals surface area contributed by atoms with Crippen LogP contribution in [0, 0.1) is 11.3 Å². The highest BCUT2D eigenvalue weighted by Crippen LogP contribution is 2.66. The maximum Gasteiger partial charge on any atom is 0.490 e. The summed E-state index contributed by atoms with van der Waals surface area (Å²) in [6.45, 7) is -1.79. The molecule has 0 amide bonds. The molecule has 2 aromatic heterocycles. The zero-order chi connectivity index (χ0) is 25.7. The Morgan fingerprint density at radius 1 is 1.18 bits per heavy atom. The third kappa shape index (κ3) is 5.05. The van der Waals surface area contributed by atoms with Gasteiger partial charge in [-0.2, -0.15) is 19.0 Å². The van der Waals surface area contributed by atoms with Gasteiger partial charge in [-0.25, -0.2) is 27.6 Å². The average molecular weight is 549 g/mol. The number of ether oxygens (including phenoxy) is 1. The molecule has 0 bridgehead atoms. The fourth-order valence-corrected chi connectivity index (χ4v) is 6.05. The summed E-state index contributed by atoms with van der Waals surface area (Å²) >= 11 is 0. The number of fused-ring (bicyclic) bond motifs is 1. The van der Waals surface area contributed by atoms with E-state index in [9.17, 15) is 34.1 Å². The van der Waals surface area contributed by atoms with Gasteiger partial charge < -0.3 is 40.3 Å². The van der Waals surface area contributed by atoms with E-state index in [0.717, 1.165) is 16.9 Å². The van der Waals surface area contributed by atoms with E-state index in [2.05, 4.69) is 23.2 Å². The van der Waals surface area contributed by atoms with E-state index in [0.29, 0.717) is 0 Å². The molecule has 0 saturated carbocycles. The monoisotopic (exact) mass is 549 g/mol. The van der Waals surface area contributed by atoms with Crippen molar-refractivity contribution in [2.24, 2.45) is 0 Å². The molecular weight excluding hydrogens is 534 g/mol. The molecule has 188 valence electrons. The molecule has 1 fully saturated rings. The molecule has 22 heteroatoms. The Morgan fingerprint density at radius 3 is 2.41 bits per heavy atom. The molecule has 34 heavy (non-hydrogen) atoms. The molecule has 0 spiro atoms. The third-order valence-corrected chi connectivity index (χ3v) is 8.14. The Balaban J connectivity index is 1.87. The first-order valence-electron chi connectivity index (χ1n) is 8.49. The number of anilines is 1. The van der Waals surface area contributed by atoms with Crippen molar-refractivity contribution >= 4 is 34.8 Å². The van der Waals surface area contributed by atoms with E-state index in [-0.39, 0.29) is 17.0 Å². The van der Waals surface area contributed by atoms with Gasteiger partial charge in [-0.15, -0.1) is 0 Å². The molecule has 3 rings (SSSR count). The third-order valence-electron chi connectivity index (χ3n) is 4.36. The van der Waals surface area contributed by atoms with Gasteiger partial charge in [0, 0.05) is 0 Å². The lowest BCUT2D eigenvalue weighted by Gasteiger charge is -2.26. The van der Waals surface area contributed by atoms with E-state index < -0.39 is 53.7 Å². The molecule has 18 nitrogen and oxygen atoms in total. The smallest absolute Gasteiger partial charge is 0.386 e. The van der Waals surface area contributed by atoms with Gasteiger partial charge in [0.25, 0.3) is 5.85 Å². The molecular formula is C12H15FN5O13P3. The second kappa shape index (κ2) is 8.66. The van der Waals surface area contributed by atoms with Crippen LogP contribution in [0.2, 0.25) is 0 Å². The maximum atomic E-state index is 15.4. The molecule has 6 atom stereocenters. The van der Waals surface area contributed by atoms with Gasteiger partial charge in [-0.1, -0.05) is 0 Å². The van der Waals surface area contributed by atoms with E-state index in [1.165, 1.54) is 12.1 Å². The van der Waals surface area contributed by atoms with Crippen molar-refractivity contribution in [1.82, 2.24) is 14.6 Å². The predicted molar refractivity (Wildman–Crippen MR) is 101 cm³/mol. The number of alkyl halides is 1. The van der Waals surface area contributed by atoms with Crippen molar-refractivity contribution in [1.29, 1.82) is 5.26 Å². The number of phosphoric ester groups is 1. The van der Waals surface area contributed by atoms with Crippen LogP contribution in [0.5, 0.6) is 0 Å². The summed E-state index contributed by atoms with van der Waals surface area (Å²) in [6, 6.07) is 3.92. The fourth-order valence-electron chi connectivity index (χ4n) is 3.02. The zero-order valence-corrected chi connectivity index (χ0v) is 18.9. The Bertz CT molecular complexity index is 1300. The van der Waals surface area contributed by atoms with Crippen molar-refractivity contribution in [3.8, 4) is 6.07 Å². The highest BCUT2D eigenvalue weighted by Gasteiger charge is 2.66. The van der Waals surface area contributed by atoms with Gasteiger partial charge in [-0.3, -0.25) is 4.52 Å². The second-order valence-electron chi connectivity index (χ2n) is 6.65. The van der Waals surface area contributed by atoms with Crippen LogP contribution in [0.15, 0.2) is 18.5 Å². The quantitative estimate of drug-likeness (QED) is 0.190. The van der Waals surface area contributed by atoms with Crippen LogP contribution >= 0.6 is 23.5 Å². The summed E-state index contributed by atoms with van der Waals surface area (Å²) in [6.07, 6.45) is -3.99. The highest BCUT2D eigenvalue weighted by molar-refractivity contribution is 7.66. The SMILES string of the molecule is N#C[C@@]1(c2ccc3c(N)ncnn23)O[C@](F)(COP(=O)(O)OP(=O)(O)OP(=O)(O)O)[C@@H](O)[C@H]1O. The minimum absolute atomic E-state index is 0.0680. The molecule has 0 aliphatic carbocycles. The van der Waals surface area contributed by atoms with Gasteiger partial charge in [-0.05, 0) is 12.1 Å². The molecule has 3 heterocycles. The first-order valence-corrected chi connectivity index (χ1v) is 13.0. The van der Waals surface area contributed by atoms with Crippen LogP contribution in [0.1, 0.15) is 5.69 Å². The number of aromatic nitrogens is 3. The number of nitrogens with zero attached hydrogens (tertiary/aromatic N) is 4. The predicted octanol–water partition coefficient (Wildman–Crippen LogP) is -1.21. The van der Waals surface area contributed by atoms with Gasteiger partial charge in [0.1, 0.15) is 36.7 Å². The van der Waals surface area contributed by atoms with Crippen molar-refractivity contribution in [3.63, 3.8) is 0 Å². The minimum Gasteiger partial charge on any atom is -0.386 e. The number of rotatable bonds is 8. The van der Waals surface area contributed by atoms with Crippen LogP contribution in [-0.4, -0.2) is 69.1 Å². The van der Waals surface area contributed by atoms with Gasteiger partial charge >= 0.3 is 23.5 Å². The van der Waals surface area contributed by atoms with Crippen LogP contribution in [0.25, 0.3) is 5.52 Å². The van der Waals surface area contributed by atoms with Crippen LogP contribution in [0.3, 0.4) is 0 Å². The van der Waals surface area contributed by atoms with Crippen molar-refractivity contribution < 1.29 is 65.8 Å². The first kappa shape index (κ1) is 26.7. The van der Waals surface area contributed by atoms with Crippen molar-refractivity contribution in [3.05, 3.63) is 24.2 Å². The van der Waals surface area contributed by atoms with E-state index in [1.54, 1.807) is 0 Å². The van der Waals surface area contributed by atoms with Crippen LogP contribution in [0.4, 0.5) is 10.2 Å². The number of phosphoric acid groups is 3. The summed E-state index contributed by atoms with van der Waals surface area (Å²) in [5, 5.41) is 34.2. The molecule has 1 saturated heterocycles. The van der Waals surface area contributed by atoms with E-state index in [1.807, 2.05) is 0 Å². The number of aliphatic hydroxyl groups excluding tert-OH is 2. The molecule has 2 aromatic rings. The number of hydrogen-bond acceptors (Lipinski definition) is 13. The molecule has 1 aliphatic rings. The lowest BCUT2D eigenvalue weighted by atomic mass is 9.92. The minimum atomic E-state index is -5.91. The zero-order valence-electron chi connectivity index (χ0n) is 16.2. The number of hydrogen-bond donors (Lipinski definition) is 7. The summed E-state index contributed by atoms with van der Waals surface area (Å²) in [5.41, 5.74) is 2.78. The number of halogens is 1. The topological polar surface area (TPSA) is 290 Å². The summed E-state index contributed by atoms with van der Waals surface area (Å²) in [7, 11) is -17.4. The Kier molecular flexibility index (Phi) is 6.81. The Morgan fingerprint density at radius 2 is 1.82 bits per heavy atom. The largest absolute Gasteiger partial charge is 0.490 e. The normalized spacial score (nSPS) is 31.1. The summed E-state index contributed by atoms with van der Waals surface area (Å²) < 4.78 is 66.3. The van der Waals surface area contributed by atoms with Crippen LogP contribution < -0.4 is 5.73 Å². The Hall–Kier alpha value is -1.87. The summed E-state index contributed by atoms with van der Waals surface area (Å²) in [5.74, 6) is -3.68. The maximum absolute atomic E-state index is 15.4. The van der Waals surface area contributed by atoms with E-state index in [4.69, 9.17) is 25.2 Å². The molecule has 1 aliphatic heterocycles. The van der Waals surface area contributed by atoms with E-state index >= 15 is 4.39 Å². The second-order valence-corrected chi connectivity index (χ2v) is 11.1. The number of aliphatic hydroxyl groups is 2. The first-order chi connectivity index (χ1) is 15.5. The van der Waals surface area contributed by atoms with Crippen molar-refractivity contribution in [2.45, 2.75) is 23.7 Å². The summed E-state index contributed by atoms with van der Waals surface area (Å²) in [4.78, 5) is 39.3. The highest BCUT2D eigenvalue weighted by atomic mass is 31.3. The number of nitrogen functional groups attached to an aromatic ring is 1. The van der Waals surface area contributed by atoms with Crippen molar-refractivity contribution in [2.75, 3.05) is 12.3 Å².